The van der Waals surface area contributed by atoms with Crippen LogP contribution in [0.15, 0.2) is 42.5 Å². The van der Waals surface area contributed by atoms with Gasteiger partial charge in [-0.1, -0.05) is 66.7 Å². The van der Waals surface area contributed by atoms with E-state index in [1.54, 1.807) is 6.07 Å². The molecule has 0 fully saturated rings. The highest BCUT2D eigenvalue weighted by molar-refractivity contribution is 6.35. The zero-order valence-corrected chi connectivity index (χ0v) is 17.2. The molecule has 0 atom stereocenters. The molecule has 0 aliphatic carbocycles. The van der Waals surface area contributed by atoms with Gasteiger partial charge in [0, 0.05) is 15.6 Å². The van der Waals surface area contributed by atoms with Gasteiger partial charge in [-0.05, 0) is 55.7 Å². The van der Waals surface area contributed by atoms with E-state index in [4.69, 9.17) is 39.9 Å². The summed E-state index contributed by atoms with van der Waals surface area (Å²) in [5.41, 5.74) is 5.21. The summed E-state index contributed by atoms with van der Waals surface area (Å²) in [4.78, 5) is 0. The van der Waals surface area contributed by atoms with Crippen molar-refractivity contribution in [2.24, 2.45) is 0 Å². The summed E-state index contributed by atoms with van der Waals surface area (Å²) in [5.74, 6) is 0. The second-order valence-corrected chi connectivity index (χ2v) is 7.67. The number of nitrogens with zero attached hydrogens (tertiary/aromatic N) is 2. The predicted molar refractivity (Wildman–Crippen MR) is 112 cm³/mol. The van der Waals surface area contributed by atoms with Crippen LogP contribution < -0.4 is 0 Å². The zero-order valence-electron chi connectivity index (χ0n) is 14.9. The van der Waals surface area contributed by atoms with E-state index in [-0.39, 0.29) is 0 Å². The molecule has 0 bridgehead atoms. The number of benzene rings is 2. The number of unbranched alkanes of at least 4 members (excludes halogenated alkanes) is 2. The zero-order chi connectivity index (χ0) is 18.7. The van der Waals surface area contributed by atoms with Crippen molar-refractivity contribution in [2.75, 3.05) is 0 Å². The molecular weight excluding hydrogens is 387 g/mol. The first kappa shape index (κ1) is 19.3. The van der Waals surface area contributed by atoms with Crippen molar-refractivity contribution in [3.05, 3.63) is 68.8 Å². The molecule has 2 nitrogen and oxygen atoms in total. The second-order valence-electron chi connectivity index (χ2n) is 6.39. The molecule has 26 heavy (non-hydrogen) atoms. The SMILES string of the molecule is CCCCCc1nn(-c2ccc(Cl)cc2Cl)c(-c2ccc(Cl)cc2)c1C. The van der Waals surface area contributed by atoms with Crippen molar-refractivity contribution in [3.63, 3.8) is 0 Å². The van der Waals surface area contributed by atoms with Gasteiger partial charge in [-0.2, -0.15) is 5.10 Å². The molecule has 5 heteroatoms. The smallest absolute Gasteiger partial charge is 0.0840 e. The Balaban J connectivity index is 2.14. The number of rotatable bonds is 6. The van der Waals surface area contributed by atoms with E-state index in [2.05, 4.69) is 13.8 Å². The largest absolute Gasteiger partial charge is 0.231 e. The van der Waals surface area contributed by atoms with Gasteiger partial charge in [0.1, 0.15) is 0 Å². The second kappa shape index (κ2) is 8.47. The van der Waals surface area contributed by atoms with Crippen LogP contribution in [0.1, 0.15) is 37.4 Å². The first-order valence-electron chi connectivity index (χ1n) is 8.81. The Labute approximate surface area is 169 Å². The van der Waals surface area contributed by atoms with Crippen LogP contribution in [0.25, 0.3) is 16.9 Å². The van der Waals surface area contributed by atoms with E-state index in [0.717, 1.165) is 35.5 Å². The van der Waals surface area contributed by atoms with Crippen LogP contribution in [0.3, 0.4) is 0 Å². The minimum absolute atomic E-state index is 0.579. The Hall–Kier alpha value is -1.48. The van der Waals surface area contributed by atoms with Gasteiger partial charge in [-0.3, -0.25) is 0 Å². The van der Waals surface area contributed by atoms with Crippen molar-refractivity contribution in [1.82, 2.24) is 9.78 Å². The van der Waals surface area contributed by atoms with Gasteiger partial charge < -0.3 is 0 Å². The molecular formula is C21H21Cl3N2. The number of hydrogen-bond acceptors (Lipinski definition) is 1. The fourth-order valence-corrected chi connectivity index (χ4v) is 3.71. The summed E-state index contributed by atoms with van der Waals surface area (Å²) in [6, 6.07) is 13.3. The molecule has 0 saturated carbocycles. The summed E-state index contributed by atoms with van der Waals surface area (Å²) in [7, 11) is 0. The van der Waals surface area contributed by atoms with Gasteiger partial charge in [-0.25, -0.2) is 4.68 Å². The van der Waals surface area contributed by atoms with Crippen LogP contribution in [-0.2, 0) is 6.42 Å². The minimum Gasteiger partial charge on any atom is -0.231 e. The summed E-state index contributed by atoms with van der Waals surface area (Å²) in [5, 5.41) is 6.80. The number of aryl methyl sites for hydroxylation is 1. The highest BCUT2D eigenvalue weighted by Gasteiger charge is 2.18. The molecule has 0 aliphatic rings. The van der Waals surface area contributed by atoms with Gasteiger partial charge in [0.2, 0.25) is 0 Å². The normalized spacial score (nSPS) is 11.1. The van der Waals surface area contributed by atoms with E-state index in [9.17, 15) is 0 Å². The lowest BCUT2D eigenvalue weighted by Crippen LogP contribution is -2.01. The van der Waals surface area contributed by atoms with Crippen LogP contribution in [0.4, 0.5) is 0 Å². The maximum atomic E-state index is 6.47. The monoisotopic (exact) mass is 406 g/mol. The Kier molecular flexibility index (Phi) is 6.29. The van der Waals surface area contributed by atoms with Crippen molar-refractivity contribution in [1.29, 1.82) is 0 Å². The van der Waals surface area contributed by atoms with Crippen molar-refractivity contribution in [3.8, 4) is 16.9 Å². The van der Waals surface area contributed by atoms with Gasteiger partial charge in [0.15, 0.2) is 0 Å². The Morgan fingerprint density at radius 1 is 0.923 bits per heavy atom. The lowest BCUT2D eigenvalue weighted by molar-refractivity contribution is 0.696. The number of hydrogen-bond donors (Lipinski definition) is 0. The minimum atomic E-state index is 0.579. The van der Waals surface area contributed by atoms with Crippen LogP contribution in [0, 0.1) is 6.92 Å². The average Bonchev–Trinajstić information content (AvgIpc) is 2.92. The molecule has 0 spiro atoms. The third kappa shape index (κ3) is 4.09. The summed E-state index contributed by atoms with van der Waals surface area (Å²) >= 11 is 18.6. The molecule has 0 radical (unpaired) electrons. The third-order valence-corrected chi connectivity index (χ3v) is 5.28. The molecule has 0 aliphatic heterocycles. The van der Waals surface area contributed by atoms with Gasteiger partial charge >= 0.3 is 0 Å². The van der Waals surface area contributed by atoms with Gasteiger partial charge in [0.25, 0.3) is 0 Å². The third-order valence-electron chi connectivity index (χ3n) is 4.49. The molecule has 1 aromatic heterocycles. The van der Waals surface area contributed by atoms with E-state index in [1.807, 2.05) is 41.1 Å². The lowest BCUT2D eigenvalue weighted by Gasteiger charge is -2.11. The number of aromatic nitrogens is 2. The predicted octanol–water partition coefficient (Wildman–Crippen LogP) is 7.54. The fourth-order valence-electron chi connectivity index (χ4n) is 3.10. The average molecular weight is 408 g/mol. The van der Waals surface area contributed by atoms with Crippen LogP contribution in [-0.4, -0.2) is 9.78 Å². The molecule has 2 aromatic carbocycles. The standard InChI is InChI=1S/C21H21Cl3N2/c1-3-4-5-6-19-14(2)21(15-7-9-16(22)10-8-15)26(25-19)20-12-11-17(23)13-18(20)24/h7-13H,3-6H2,1-2H3. The molecule has 0 amide bonds. The summed E-state index contributed by atoms with van der Waals surface area (Å²) < 4.78 is 1.93. The molecule has 0 N–H and O–H groups in total. The first-order chi connectivity index (χ1) is 12.5. The van der Waals surface area contributed by atoms with Crippen molar-refractivity contribution in [2.45, 2.75) is 39.5 Å². The van der Waals surface area contributed by atoms with Gasteiger partial charge in [0.05, 0.1) is 22.1 Å². The van der Waals surface area contributed by atoms with Crippen molar-refractivity contribution >= 4 is 34.8 Å². The van der Waals surface area contributed by atoms with Crippen LogP contribution in [0.5, 0.6) is 0 Å². The van der Waals surface area contributed by atoms with Gasteiger partial charge in [-0.15, -0.1) is 0 Å². The van der Waals surface area contributed by atoms with E-state index in [0.29, 0.717) is 15.1 Å². The fraction of sp³-hybridized carbons (Fsp3) is 0.286. The first-order valence-corrected chi connectivity index (χ1v) is 9.94. The maximum absolute atomic E-state index is 6.47. The highest BCUT2D eigenvalue weighted by Crippen LogP contribution is 2.33. The molecule has 3 aromatic rings. The van der Waals surface area contributed by atoms with E-state index >= 15 is 0 Å². The summed E-state index contributed by atoms with van der Waals surface area (Å²) in [6.45, 7) is 4.33. The van der Waals surface area contributed by atoms with Crippen LogP contribution in [0.2, 0.25) is 15.1 Å². The summed E-state index contributed by atoms with van der Waals surface area (Å²) in [6.07, 6.45) is 4.47. The number of halogens is 3. The molecule has 0 saturated heterocycles. The molecule has 3 rings (SSSR count). The topological polar surface area (TPSA) is 17.8 Å². The lowest BCUT2D eigenvalue weighted by atomic mass is 10.0. The molecule has 0 unspecified atom stereocenters. The Morgan fingerprint density at radius 3 is 2.27 bits per heavy atom. The van der Waals surface area contributed by atoms with E-state index < -0.39 is 0 Å². The Morgan fingerprint density at radius 2 is 1.62 bits per heavy atom. The van der Waals surface area contributed by atoms with Crippen molar-refractivity contribution < 1.29 is 0 Å². The quantitative estimate of drug-likeness (QED) is 0.386. The van der Waals surface area contributed by atoms with E-state index in [1.165, 1.54) is 18.4 Å². The maximum Gasteiger partial charge on any atom is 0.0840 e. The van der Waals surface area contributed by atoms with Crippen LogP contribution >= 0.6 is 34.8 Å². The molecule has 136 valence electrons. The molecule has 1 heterocycles. The Bertz CT molecular complexity index is 898. The highest BCUT2D eigenvalue weighted by atomic mass is 35.5.